The van der Waals surface area contributed by atoms with Crippen LogP contribution in [0.25, 0.3) is 11.4 Å². The Morgan fingerprint density at radius 2 is 1.95 bits per heavy atom. The average molecular weight is 298 g/mol. The van der Waals surface area contributed by atoms with Crippen LogP contribution >= 0.6 is 11.6 Å². The Balaban J connectivity index is 0.000000956. The smallest absolute Gasteiger partial charge is 0.274 e. The largest absolute Gasteiger partial charge is 0.372 e. The summed E-state index contributed by atoms with van der Waals surface area (Å²) in [5.41, 5.74) is 0.246. The molecule has 0 unspecified atom stereocenters. The summed E-state index contributed by atoms with van der Waals surface area (Å²) >= 11 is 5.79. The Labute approximate surface area is 122 Å². The van der Waals surface area contributed by atoms with Crippen molar-refractivity contribution in [1.29, 1.82) is 0 Å². The van der Waals surface area contributed by atoms with Gasteiger partial charge in [0.05, 0.1) is 11.8 Å². The van der Waals surface area contributed by atoms with Crippen LogP contribution < -0.4 is 10.5 Å². The van der Waals surface area contributed by atoms with Crippen molar-refractivity contribution in [3.8, 4) is 11.4 Å². The van der Waals surface area contributed by atoms with Crippen LogP contribution in [0.3, 0.4) is 0 Å². The van der Waals surface area contributed by atoms with Gasteiger partial charge in [-0.05, 0) is 18.2 Å². The van der Waals surface area contributed by atoms with Gasteiger partial charge in [0.15, 0.2) is 0 Å². The Kier molecular flexibility index (Phi) is 5.70. The van der Waals surface area contributed by atoms with E-state index < -0.39 is 5.82 Å². The molecule has 1 aromatic heterocycles. The molecule has 1 heterocycles. The number of aromatic nitrogens is 2. The minimum absolute atomic E-state index is 0.158. The second-order valence-electron chi connectivity index (χ2n) is 3.96. The predicted molar refractivity (Wildman–Crippen MR) is 80.9 cm³/mol. The van der Waals surface area contributed by atoms with E-state index in [4.69, 9.17) is 11.6 Å². The SMILES string of the molecule is CC.CN(C)c1cnc(-c2cc(Cl)ccc2F)[nH]c1=O. The first-order valence-electron chi connectivity index (χ1n) is 6.21. The molecule has 0 bridgehead atoms. The van der Waals surface area contributed by atoms with Crippen molar-refractivity contribution in [3.63, 3.8) is 0 Å². The lowest BCUT2D eigenvalue weighted by Crippen LogP contribution is -2.21. The van der Waals surface area contributed by atoms with Crippen molar-refractivity contribution in [1.82, 2.24) is 9.97 Å². The lowest BCUT2D eigenvalue weighted by atomic mass is 10.2. The van der Waals surface area contributed by atoms with Crippen molar-refractivity contribution in [2.24, 2.45) is 0 Å². The Morgan fingerprint density at radius 1 is 1.30 bits per heavy atom. The van der Waals surface area contributed by atoms with Gasteiger partial charge in [-0.3, -0.25) is 4.79 Å². The molecule has 0 saturated heterocycles. The summed E-state index contributed by atoms with van der Waals surface area (Å²) < 4.78 is 13.6. The predicted octanol–water partition coefficient (Wildman–Crippen LogP) is 3.32. The zero-order valence-corrected chi connectivity index (χ0v) is 12.6. The number of hydrogen-bond donors (Lipinski definition) is 1. The molecule has 6 heteroatoms. The molecule has 0 atom stereocenters. The highest BCUT2D eigenvalue weighted by Gasteiger charge is 2.10. The number of halogens is 2. The molecule has 4 nitrogen and oxygen atoms in total. The molecule has 2 aromatic rings. The van der Waals surface area contributed by atoms with Gasteiger partial charge < -0.3 is 9.88 Å². The van der Waals surface area contributed by atoms with Crippen molar-refractivity contribution in [2.75, 3.05) is 19.0 Å². The highest BCUT2D eigenvalue weighted by molar-refractivity contribution is 6.30. The zero-order chi connectivity index (χ0) is 15.3. The van der Waals surface area contributed by atoms with E-state index in [1.165, 1.54) is 24.4 Å². The monoisotopic (exact) mass is 297 g/mol. The fourth-order valence-electron chi connectivity index (χ4n) is 1.52. The van der Waals surface area contributed by atoms with Gasteiger partial charge in [0.25, 0.3) is 5.56 Å². The molecular formula is C14H17ClFN3O. The molecule has 0 aliphatic heterocycles. The zero-order valence-electron chi connectivity index (χ0n) is 11.9. The molecular weight excluding hydrogens is 281 g/mol. The Hall–Kier alpha value is -1.88. The van der Waals surface area contributed by atoms with Gasteiger partial charge in [-0.15, -0.1) is 0 Å². The van der Waals surface area contributed by atoms with Crippen LogP contribution in [0.2, 0.25) is 5.02 Å². The summed E-state index contributed by atoms with van der Waals surface area (Å²) in [6.45, 7) is 4.00. The van der Waals surface area contributed by atoms with Gasteiger partial charge in [0, 0.05) is 19.1 Å². The molecule has 0 saturated carbocycles. The van der Waals surface area contributed by atoms with Gasteiger partial charge in [0.2, 0.25) is 0 Å². The molecule has 0 aliphatic carbocycles. The molecule has 2 rings (SSSR count). The number of hydrogen-bond acceptors (Lipinski definition) is 3. The summed E-state index contributed by atoms with van der Waals surface area (Å²) in [6, 6.07) is 4.09. The topological polar surface area (TPSA) is 49.0 Å². The van der Waals surface area contributed by atoms with Crippen LogP contribution in [0.1, 0.15) is 13.8 Å². The highest BCUT2D eigenvalue weighted by Crippen LogP contribution is 2.22. The number of benzene rings is 1. The average Bonchev–Trinajstić information content (AvgIpc) is 2.43. The third-order valence-corrected chi connectivity index (χ3v) is 2.68. The van der Waals surface area contributed by atoms with Crippen LogP contribution in [0.15, 0.2) is 29.2 Å². The van der Waals surface area contributed by atoms with Gasteiger partial charge in [-0.1, -0.05) is 25.4 Å². The Morgan fingerprint density at radius 3 is 2.50 bits per heavy atom. The van der Waals surface area contributed by atoms with Gasteiger partial charge in [-0.25, -0.2) is 9.37 Å². The molecule has 0 amide bonds. The van der Waals surface area contributed by atoms with Crippen molar-refractivity contribution in [2.45, 2.75) is 13.8 Å². The fourth-order valence-corrected chi connectivity index (χ4v) is 1.69. The quantitative estimate of drug-likeness (QED) is 0.925. The van der Waals surface area contributed by atoms with Crippen LogP contribution in [0, 0.1) is 5.82 Å². The van der Waals surface area contributed by atoms with Crippen LogP contribution in [0.5, 0.6) is 0 Å². The number of rotatable bonds is 2. The number of aromatic amines is 1. The fraction of sp³-hybridized carbons (Fsp3) is 0.286. The summed E-state index contributed by atoms with van der Waals surface area (Å²) in [7, 11) is 3.46. The minimum atomic E-state index is -0.486. The van der Waals surface area contributed by atoms with Gasteiger partial charge in [0.1, 0.15) is 17.3 Å². The Bertz CT molecular complexity index is 641. The van der Waals surface area contributed by atoms with E-state index in [1.807, 2.05) is 13.8 Å². The number of nitrogens with zero attached hydrogens (tertiary/aromatic N) is 2. The molecule has 0 radical (unpaired) electrons. The maximum atomic E-state index is 13.6. The van der Waals surface area contributed by atoms with Crippen LogP contribution in [-0.2, 0) is 0 Å². The number of nitrogens with one attached hydrogen (secondary N) is 1. The van der Waals surface area contributed by atoms with Crippen molar-refractivity contribution < 1.29 is 4.39 Å². The number of H-pyrrole nitrogens is 1. The van der Waals surface area contributed by atoms with E-state index in [2.05, 4.69) is 9.97 Å². The molecule has 20 heavy (non-hydrogen) atoms. The standard InChI is InChI=1S/C12H11ClFN3O.C2H6/c1-17(2)10-6-15-11(16-12(10)18)8-5-7(13)3-4-9(8)14;1-2/h3-6H,1-2H3,(H,15,16,18);1-2H3. The van der Waals surface area contributed by atoms with Crippen molar-refractivity contribution in [3.05, 3.63) is 45.6 Å². The van der Waals surface area contributed by atoms with E-state index in [-0.39, 0.29) is 16.9 Å². The molecule has 0 fully saturated rings. The molecule has 108 valence electrons. The van der Waals surface area contributed by atoms with Gasteiger partial charge >= 0.3 is 0 Å². The summed E-state index contributed by atoms with van der Waals surface area (Å²) in [6.07, 6.45) is 1.40. The lowest BCUT2D eigenvalue weighted by molar-refractivity contribution is 0.630. The minimum Gasteiger partial charge on any atom is -0.372 e. The first kappa shape index (κ1) is 16.2. The first-order valence-corrected chi connectivity index (χ1v) is 6.59. The van der Waals surface area contributed by atoms with Crippen molar-refractivity contribution >= 4 is 17.3 Å². The third kappa shape index (κ3) is 3.57. The normalized spacial score (nSPS) is 9.70. The van der Waals surface area contributed by atoms with E-state index >= 15 is 0 Å². The number of anilines is 1. The first-order chi connectivity index (χ1) is 9.49. The maximum absolute atomic E-state index is 13.6. The maximum Gasteiger partial charge on any atom is 0.274 e. The van der Waals surface area contributed by atoms with E-state index in [0.717, 1.165) is 0 Å². The van der Waals surface area contributed by atoms with E-state index in [9.17, 15) is 9.18 Å². The molecule has 1 N–H and O–H groups in total. The van der Waals surface area contributed by atoms with Crippen LogP contribution in [0.4, 0.5) is 10.1 Å². The third-order valence-electron chi connectivity index (χ3n) is 2.45. The molecule has 0 aliphatic rings. The molecule has 1 aromatic carbocycles. The van der Waals surface area contributed by atoms with E-state index in [1.54, 1.807) is 19.0 Å². The van der Waals surface area contributed by atoms with Gasteiger partial charge in [-0.2, -0.15) is 0 Å². The highest BCUT2D eigenvalue weighted by atomic mass is 35.5. The second kappa shape index (κ2) is 7.05. The van der Waals surface area contributed by atoms with E-state index in [0.29, 0.717) is 10.7 Å². The second-order valence-corrected chi connectivity index (χ2v) is 4.40. The lowest BCUT2D eigenvalue weighted by Gasteiger charge is -2.11. The summed E-state index contributed by atoms with van der Waals surface area (Å²) in [4.78, 5) is 20.0. The molecule has 0 spiro atoms. The summed E-state index contributed by atoms with van der Waals surface area (Å²) in [5, 5.41) is 0.380. The summed E-state index contributed by atoms with van der Waals surface area (Å²) in [5.74, 6) is -0.328. The van der Waals surface area contributed by atoms with Crippen LogP contribution in [-0.4, -0.2) is 24.1 Å².